The van der Waals surface area contributed by atoms with Crippen LogP contribution in [0.3, 0.4) is 0 Å². The Morgan fingerprint density at radius 3 is 2.32 bits per heavy atom. The van der Waals surface area contributed by atoms with E-state index >= 15 is 0 Å². The van der Waals surface area contributed by atoms with E-state index in [0.29, 0.717) is 0 Å². The van der Waals surface area contributed by atoms with E-state index in [0.717, 1.165) is 9.49 Å². The molecule has 0 N–H and O–H groups in total. The SMILES string of the molecule is O=[N+]([O-])c1ccc(/C=C(\Cl)[Se]c2ccccc2)cc1. The number of hydrogen-bond donors (Lipinski definition) is 0. The number of non-ortho nitro benzene ring substituents is 1. The van der Waals surface area contributed by atoms with Crippen molar-refractivity contribution in [2.45, 2.75) is 0 Å². The van der Waals surface area contributed by atoms with Gasteiger partial charge in [-0.3, -0.25) is 0 Å². The average molecular weight is 339 g/mol. The van der Waals surface area contributed by atoms with E-state index < -0.39 is 4.92 Å². The molecule has 5 heteroatoms. The van der Waals surface area contributed by atoms with Crippen LogP contribution in [0.1, 0.15) is 5.56 Å². The Balaban J connectivity index is 2.10. The molecule has 0 aliphatic heterocycles. The third-order valence-corrected chi connectivity index (χ3v) is 4.57. The minimum absolute atomic E-state index is 0.0601. The summed E-state index contributed by atoms with van der Waals surface area (Å²) in [5, 5.41) is 10.5. The van der Waals surface area contributed by atoms with Crippen LogP contribution >= 0.6 is 11.6 Å². The summed E-state index contributed by atoms with van der Waals surface area (Å²) in [6, 6.07) is 16.3. The van der Waals surface area contributed by atoms with Crippen LogP contribution in [-0.4, -0.2) is 19.9 Å². The molecule has 0 unspecified atom stereocenters. The van der Waals surface area contributed by atoms with Crippen LogP contribution in [0.15, 0.2) is 58.5 Å². The predicted octanol–water partition coefficient (Wildman–Crippen LogP) is 3.16. The van der Waals surface area contributed by atoms with Gasteiger partial charge in [-0.2, -0.15) is 0 Å². The van der Waals surface area contributed by atoms with Crippen molar-refractivity contribution < 1.29 is 4.92 Å². The molecule has 3 nitrogen and oxygen atoms in total. The number of hydrogen-bond acceptors (Lipinski definition) is 2. The zero-order valence-electron chi connectivity index (χ0n) is 9.82. The summed E-state index contributed by atoms with van der Waals surface area (Å²) in [5.74, 6) is 0. The molecule has 2 rings (SSSR count). The summed E-state index contributed by atoms with van der Waals surface area (Å²) in [4.78, 5) is 10.1. The van der Waals surface area contributed by atoms with E-state index in [9.17, 15) is 10.1 Å². The molecule has 0 aliphatic carbocycles. The Kier molecular flexibility index (Phi) is 4.74. The first-order chi connectivity index (χ1) is 9.15. The van der Waals surface area contributed by atoms with Gasteiger partial charge in [-0.15, -0.1) is 0 Å². The van der Waals surface area contributed by atoms with E-state index in [1.807, 2.05) is 36.4 Å². The minimum atomic E-state index is -0.414. The zero-order chi connectivity index (χ0) is 13.7. The summed E-state index contributed by atoms with van der Waals surface area (Å²) in [7, 11) is 0. The Labute approximate surface area is 122 Å². The van der Waals surface area contributed by atoms with Crippen LogP contribution in [0.25, 0.3) is 6.08 Å². The first-order valence-corrected chi connectivity index (χ1v) is 7.59. The first kappa shape index (κ1) is 13.8. The van der Waals surface area contributed by atoms with Crippen LogP contribution in [0.4, 0.5) is 5.69 Å². The molecule has 19 heavy (non-hydrogen) atoms. The summed E-state index contributed by atoms with van der Waals surface area (Å²) in [5.41, 5.74) is 0.954. The van der Waals surface area contributed by atoms with Crippen LogP contribution < -0.4 is 4.46 Å². The van der Waals surface area contributed by atoms with Gasteiger partial charge >= 0.3 is 122 Å². The second-order valence-electron chi connectivity index (χ2n) is 3.71. The van der Waals surface area contributed by atoms with Crippen molar-refractivity contribution in [2.75, 3.05) is 0 Å². The molecular weight excluding hydrogens is 329 g/mol. The van der Waals surface area contributed by atoms with Crippen molar-refractivity contribution in [1.29, 1.82) is 0 Å². The standard InChI is InChI=1S/C14H10ClNO2Se/c15-14(19-13-4-2-1-3-5-13)10-11-6-8-12(9-7-11)16(17)18/h1-10H/b14-10+. The molecule has 0 aliphatic rings. The van der Waals surface area contributed by atoms with Gasteiger partial charge in [0.15, 0.2) is 0 Å². The van der Waals surface area contributed by atoms with E-state index in [1.54, 1.807) is 12.1 Å². The van der Waals surface area contributed by atoms with Crippen molar-refractivity contribution in [3.8, 4) is 0 Å². The van der Waals surface area contributed by atoms with Crippen LogP contribution in [0, 0.1) is 10.1 Å². The Hall–Kier alpha value is -1.61. The normalized spacial score (nSPS) is 11.3. The maximum atomic E-state index is 10.5. The quantitative estimate of drug-likeness (QED) is 0.488. The molecule has 2 aromatic carbocycles. The Morgan fingerprint density at radius 2 is 1.74 bits per heavy atom. The molecule has 0 saturated carbocycles. The van der Waals surface area contributed by atoms with Gasteiger partial charge in [0.2, 0.25) is 0 Å². The van der Waals surface area contributed by atoms with Crippen LogP contribution in [-0.2, 0) is 0 Å². The van der Waals surface area contributed by atoms with Crippen molar-refractivity contribution in [1.82, 2.24) is 0 Å². The molecule has 0 aromatic heterocycles. The van der Waals surface area contributed by atoms with Crippen molar-refractivity contribution >= 4 is 42.8 Å². The molecule has 0 fully saturated rings. The number of nitro benzene ring substituents is 1. The second-order valence-corrected chi connectivity index (χ2v) is 6.97. The fraction of sp³-hybridized carbons (Fsp3) is 0. The molecule has 0 bridgehead atoms. The third-order valence-electron chi connectivity index (χ3n) is 2.34. The molecular formula is C14H10ClNO2Se. The number of rotatable bonds is 4. The third kappa shape index (κ3) is 4.21. The second kappa shape index (κ2) is 6.53. The van der Waals surface area contributed by atoms with E-state index in [-0.39, 0.29) is 20.6 Å². The fourth-order valence-electron chi connectivity index (χ4n) is 1.45. The van der Waals surface area contributed by atoms with Crippen molar-refractivity contribution in [2.24, 2.45) is 0 Å². The van der Waals surface area contributed by atoms with Gasteiger partial charge in [0.1, 0.15) is 0 Å². The molecule has 2 aromatic rings. The molecule has 96 valence electrons. The topological polar surface area (TPSA) is 43.1 Å². The molecule has 0 saturated heterocycles. The van der Waals surface area contributed by atoms with E-state index in [4.69, 9.17) is 11.6 Å². The van der Waals surface area contributed by atoms with E-state index in [1.165, 1.54) is 16.6 Å². The predicted molar refractivity (Wildman–Crippen MR) is 78.8 cm³/mol. The van der Waals surface area contributed by atoms with Gasteiger partial charge in [0.25, 0.3) is 0 Å². The molecule has 0 atom stereocenters. The number of nitro groups is 1. The Morgan fingerprint density at radius 1 is 1.11 bits per heavy atom. The van der Waals surface area contributed by atoms with Crippen LogP contribution in [0.5, 0.6) is 0 Å². The molecule has 0 amide bonds. The number of halogens is 1. The van der Waals surface area contributed by atoms with Gasteiger partial charge in [0.05, 0.1) is 0 Å². The Bertz CT molecular complexity index is 597. The number of nitrogens with zero attached hydrogens (tertiary/aromatic N) is 1. The van der Waals surface area contributed by atoms with Gasteiger partial charge in [-0.05, 0) is 0 Å². The first-order valence-electron chi connectivity index (χ1n) is 5.50. The summed E-state index contributed by atoms with van der Waals surface area (Å²) < 4.78 is 1.95. The van der Waals surface area contributed by atoms with Gasteiger partial charge < -0.3 is 0 Å². The molecule has 0 heterocycles. The zero-order valence-corrected chi connectivity index (χ0v) is 12.3. The molecule has 0 radical (unpaired) electrons. The average Bonchev–Trinajstić information content (AvgIpc) is 2.40. The summed E-state index contributed by atoms with van der Waals surface area (Å²) in [6.07, 6.45) is 1.85. The molecule has 0 spiro atoms. The van der Waals surface area contributed by atoms with E-state index in [2.05, 4.69) is 0 Å². The summed E-state index contributed by atoms with van der Waals surface area (Å²) >= 11 is 6.27. The monoisotopic (exact) mass is 339 g/mol. The fourth-order valence-corrected chi connectivity index (χ4v) is 3.54. The van der Waals surface area contributed by atoms with Gasteiger partial charge in [-0.1, -0.05) is 0 Å². The summed E-state index contributed by atoms with van der Waals surface area (Å²) in [6.45, 7) is 0. The van der Waals surface area contributed by atoms with Crippen LogP contribution in [0.2, 0.25) is 0 Å². The van der Waals surface area contributed by atoms with Gasteiger partial charge in [0, 0.05) is 0 Å². The maximum absolute atomic E-state index is 10.5. The number of benzene rings is 2. The van der Waals surface area contributed by atoms with Gasteiger partial charge in [-0.25, -0.2) is 0 Å². The van der Waals surface area contributed by atoms with Crippen molar-refractivity contribution in [3.05, 3.63) is 74.2 Å². The van der Waals surface area contributed by atoms with Crippen molar-refractivity contribution in [3.63, 3.8) is 0 Å².